The first kappa shape index (κ1) is 82.2. The number of anilines is 4. The molecule has 0 spiro atoms. The van der Waals surface area contributed by atoms with E-state index in [0.29, 0.717) is 114 Å². The average molecular weight is 1530 g/mol. The van der Waals surface area contributed by atoms with E-state index >= 15 is 0 Å². The number of amides is 1. The van der Waals surface area contributed by atoms with Crippen molar-refractivity contribution < 1.29 is 59.3 Å². The number of nitrogens with one attached hydrogen (secondary N) is 5. The number of nitrogens with two attached hydrogens (primary N) is 1. The van der Waals surface area contributed by atoms with E-state index in [1.165, 1.54) is 32.4 Å². The van der Waals surface area contributed by atoms with Gasteiger partial charge in [-0.1, -0.05) is 48.2 Å². The number of piperidine rings is 2. The molecule has 584 valence electrons. The van der Waals surface area contributed by atoms with Gasteiger partial charge in [-0.2, -0.15) is 26.3 Å². The number of ether oxygens (including phenoxy) is 2. The van der Waals surface area contributed by atoms with E-state index in [4.69, 9.17) is 20.3 Å². The molecular formula is C82H90F8N16O5. The van der Waals surface area contributed by atoms with Gasteiger partial charge in [0.2, 0.25) is 0 Å². The lowest BCUT2D eigenvalue weighted by atomic mass is 10.0. The number of carbonyl (C=O) groups is 2. The fourth-order valence-electron chi connectivity index (χ4n) is 13.0. The molecule has 2 aliphatic rings. The summed E-state index contributed by atoms with van der Waals surface area (Å²) in [6.07, 6.45) is -2.88. The molecule has 0 radical (unpaired) electrons. The standard InChI is InChI=1S/C41H44F4N8O2.C27H28F4N4O3.C14H18N4/c1-51-21-16-36(34(42)27-51)50-35-12-7-13-38-33(35)24-32(53(38)28-41(43,44)45)11-8-19-48-37-15-14-29(23-39(37)55-2)40(54)49-20-22-52(25-30-9-3-5-17-46-30)26-31-10-4-6-18-47-31;1-34-12-10-22(20(28)15-34)33-21-6-3-7-24-19(21)14-18(35(24)16-27(29,30)31)5-4-11-32-23-9-8-17(26(36)37)13-25(23)38-2;15-7-10-18(11-13-5-1-3-8-16-13)12-14-6-2-4-9-17-14/h3-7,9-10,12-15,17-18,23-24,34,36,48,50H,16,19-22,25-28H2,1-2H3,(H,49,54);3,6-9,13-14,20,22,32-33H,10-12,15-16H2,1-2H3,(H,36,37);1-6,8-9H,7,10-12,15H2/t34-,36+;20-,22+;/m11./s1. The van der Waals surface area contributed by atoms with E-state index in [-0.39, 0.29) is 49.0 Å². The molecular weight excluding hydrogens is 1440 g/mol. The molecule has 4 atom stereocenters. The zero-order valence-electron chi connectivity index (χ0n) is 62.0. The van der Waals surface area contributed by atoms with Crippen LogP contribution < -0.4 is 41.8 Å². The Morgan fingerprint density at radius 1 is 0.541 bits per heavy atom. The van der Waals surface area contributed by atoms with Gasteiger partial charge in [-0.05, 0) is 160 Å². The highest BCUT2D eigenvalue weighted by Gasteiger charge is 2.34. The van der Waals surface area contributed by atoms with Gasteiger partial charge in [0.25, 0.3) is 5.91 Å². The van der Waals surface area contributed by atoms with Crippen LogP contribution in [0.25, 0.3) is 21.8 Å². The monoisotopic (exact) mass is 1530 g/mol. The average Bonchev–Trinajstić information content (AvgIpc) is 1.64. The Balaban J connectivity index is 0.000000200. The summed E-state index contributed by atoms with van der Waals surface area (Å²) in [4.78, 5) is 50.1. The van der Waals surface area contributed by atoms with Crippen LogP contribution in [-0.4, -0.2) is 196 Å². The molecule has 0 bridgehead atoms. The van der Waals surface area contributed by atoms with E-state index in [2.05, 4.69) is 80.0 Å². The Morgan fingerprint density at radius 3 is 1.32 bits per heavy atom. The molecule has 2 aliphatic heterocycles. The third kappa shape index (κ3) is 24.6. The maximum Gasteiger partial charge on any atom is 0.406 e. The number of halogens is 8. The van der Waals surface area contributed by atoms with E-state index in [9.17, 15) is 44.7 Å². The Kier molecular flexibility index (Phi) is 29.5. The van der Waals surface area contributed by atoms with E-state index < -0.39 is 55.8 Å². The van der Waals surface area contributed by atoms with Crippen molar-refractivity contribution in [2.75, 3.05) is 115 Å². The third-order valence-electron chi connectivity index (χ3n) is 18.4. The summed E-state index contributed by atoms with van der Waals surface area (Å²) < 4.78 is 124. The Bertz CT molecular complexity index is 4700. The summed E-state index contributed by atoms with van der Waals surface area (Å²) in [7, 11) is 6.59. The first-order chi connectivity index (χ1) is 53.5. The van der Waals surface area contributed by atoms with Crippen LogP contribution in [0.5, 0.6) is 11.5 Å². The largest absolute Gasteiger partial charge is 0.495 e. The van der Waals surface area contributed by atoms with E-state index in [1.807, 2.05) is 109 Å². The molecule has 4 aromatic carbocycles. The summed E-state index contributed by atoms with van der Waals surface area (Å²) in [5.41, 5.74) is 13.3. The van der Waals surface area contributed by atoms with Gasteiger partial charge in [-0.25, -0.2) is 13.6 Å². The lowest BCUT2D eigenvalue weighted by molar-refractivity contribution is -0.140. The van der Waals surface area contributed by atoms with Crippen LogP contribution in [-0.2, 0) is 39.3 Å². The maximum atomic E-state index is 14.8. The highest BCUT2D eigenvalue weighted by atomic mass is 19.4. The van der Waals surface area contributed by atoms with Crippen LogP contribution in [0.4, 0.5) is 57.9 Å². The highest BCUT2D eigenvalue weighted by Crippen LogP contribution is 2.35. The zero-order valence-corrected chi connectivity index (χ0v) is 62.0. The Morgan fingerprint density at radius 2 is 0.946 bits per heavy atom. The Hall–Kier alpha value is -11.3. The molecule has 2 fully saturated rings. The molecule has 1 amide bonds. The summed E-state index contributed by atoms with van der Waals surface area (Å²) in [6, 6.07) is 45.0. The molecule has 0 aliphatic carbocycles. The fourth-order valence-corrected chi connectivity index (χ4v) is 13.0. The topological polar surface area (TPSA) is 233 Å². The lowest BCUT2D eigenvalue weighted by Crippen LogP contribution is -2.46. The highest BCUT2D eigenvalue weighted by molar-refractivity contribution is 5.96. The molecule has 21 nitrogen and oxygen atoms in total. The zero-order chi connectivity index (χ0) is 78.9. The van der Waals surface area contributed by atoms with Gasteiger partial charge in [0, 0.05) is 131 Å². The number of rotatable bonds is 27. The number of carboxylic acids is 1. The molecule has 12 rings (SSSR count). The molecule has 0 saturated carbocycles. The number of aromatic nitrogens is 6. The predicted molar refractivity (Wildman–Crippen MR) is 415 cm³/mol. The SMILES string of the molecule is COc1cc(C(=O)NCCN(Cc2ccccn2)Cc2ccccn2)ccc1NCC#Cc1cc2c(N[C@H]3CCN(C)C[C@H]3F)cccc2n1CC(F)(F)F.COc1cc(C(=O)O)ccc1NCC#Cc1cc2c(N[C@H]3CCN(C)C[C@H]3F)cccc2n1CC(F)(F)F.NCCN(Cc1ccccn1)Cc1ccccn1. The number of likely N-dealkylation sites (tertiary alicyclic amines) is 2. The second kappa shape index (κ2) is 39.9. The first-order valence-corrected chi connectivity index (χ1v) is 36.1. The number of aromatic carboxylic acids is 1. The normalized spacial score (nSPS) is 15.9. The van der Waals surface area contributed by atoms with Gasteiger partial charge in [0.1, 0.15) is 36.9 Å². The number of pyridine rings is 4. The number of alkyl halides is 8. The minimum absolute atomic E-state index is 0.0545. The number of hydrogen-bond acceptors (Lipinski definition) is 17. The second-order valence-corrected chi connectivity index (χ2v) is 26.8. The van der Waals surface area contributed by atoms with Crippen LogP contribution in [0.15, 0.2) is 183 Å². The number of fused-ring (bicyclic) bond motifs is 2. The van der Waals surface area contributed by atoms with Gasteiger partial charge in [0.15, 0.2) is 0 Å². The van der Waals surface area contributed by atoms with Crippen molar-refractivity contribution >= 4 is 56.4 Å². The van der Waals surface area contributed by atoms with Crippen LogP contribution >= 0.6 is 0 Å². The molecule has 0 unspecified atom stereocenters. The maximum absolute atomic E-state index is 14.8. The smallest absolute Gasteiger partial charge is 0.406 e. The van der Waals surface area contributed by atoms with Crippen molar-refractivity contribution in [2.24, 2.45) is 5.73 Å². The van der Waals surface area contributed by atoms with Crippen molar-refractivity contribution in [3.63, 3.8) is 0 Å². The molecule has 2 saturated heterocycles. The molecule has 111 heavy (non-hydrogen) atoms. The number of hydrogen-bond donors (Lipinski definition) is 7. The Labute approximate surface area is 639 Å². The van der Waals surface area contributed by atoms with Crippen LogP contribution in [0, 0.1) is 23.7 Å². The summed E-state index contributed by atoms with van der Waals surface area (Å²) in [6.45, 7) is 4.92. The summed E-state index contributed by atoms with van der Waals surface area (Å²) in [5, 5.41) is 25.8. The van der Waals surface area contributed by atoms with Crippen LogP contribution in [0.2, 0.25) is 0 Å². The van der Waals surface area contributed by atoms with Crippen molar-refractivity contribution in [3.05, 3.63) is 228 Å². The number of methoxy groups -OCH3 is 2. The molecule has 10 aromatic rings. The third-order valence-corrected chi connectivity index (χ3v) is 18.4. The van der Waals surface area contributed by atoms with Crippen LogP contribution in [0.3, 0.4) is 0 Å². The van der Waals surface area contributed by atoms with Gasteiger partial charge < -0.3 is 65.8 Å². The number of benzene rings is 4. The summed E-state index contributed by atoms with van der Waals surface area (Å²) >= 11 is 0. The van der Waals surface area contributed by atoms with E-state index in [1.54, 1.807) is 79.1 Å². The molecule has 8 heterocycles. The van der Waals surface area contributed by atoms with Gasteiger partial charge >= 0.3 is 18.3 Å². The minimum atomic E-state index is -4.48. The number of nitrogens with zero attached hydrogens (tertiary/aromatic N) is 10. The lowest BCUT2D eigenvalue weighted by Gasteiger charge is -2.33. The quantitative estimate of drug-likeness (QED) is 0.0187. The predicted octanol–water partition coefficient (Wildman–Crippen LogP) is 12.6. The molecule has 6 aromatic heterocycles. The first-order valence-electron chi connectivity index (χ1n) is 36.1. The summed E-state index contributed by atoms with van der Waals surface area (Å²) in [5.74, 6) is 10.8. The fraction of sp³-hybridized carbons (Fsp3) is 0.341. The van der Waals surface area contributed by atoms with Crippen molar-refractivity contribution in [1.82, 2.24) is 54.0 Å². The molecule has 29 heteroatoms. The van der Waals surface area contributed by atoms with Gasteiger partial charge in [-0.15, -0.1) is 0 Å². The van der Waals surface area contributed by atoms with E-state index in [0.717, 1.165) is 58.1 Å². The van der Waals surface area contributed by atoms with Gasteiger partial charge in [-0.3, -0.25) is 34.5 Å². The van der Waals surface area contributed by atoms with Crippen molar-refractivity contribution in [1.29, 1.82) is 0 Å². The minimum Gasteiger partial charge on any atom is -0.495 e. The number of carboxylic acid groups (broad SMARTS) is 1. The molecule has 8 N–H and O–H groups in total. The van der Waals surface area contributed by atoms with Crippen molar-refractivity contribution in [3.8, 4) is 35.2 Å². The van der Waals surface area contributed by atoms with Gasteiger partial charge in [0.05, 0.1) is 102 Å². The van der Waals surface area contributed by atoms with Crippen LogP contribution in [0.1, 0.15) is 67.7 Å². The van der Waals surface area contributed by atoms with Crippen molar-refractivity contribution in [2.45, 2.75) is 88.9 Å². The second-order valence-electron chi connectivity index (χ2n) is 26.8. The number of carbonyl (C=O) groups excluding carboxylic acids is 1.